The Bertz CT molecular complexity index is 1170. The summed E-state index contributed by atoms with van der Waals surface area (Å²) >= 11 is 0. The second-order valence-corrected chi connectivity index (χ2v) is 8.24. The first-order chi connectivity index (χ1) is 17.7. The summed E-state index contributed by atoms with van der Waals surface area (Å²) < 4.78 is 73.6. The second-order valence-electron chi connectivity index (χ2n) is 8.24. The normalized spacial score (nSPS) is 12.4. The number of aromatic nitrogens is 1. The Morgan fingerprint density at radius 1 is 1.08 bits per heavy atom. The monoisotopic (exact) mass is 525 g/mol. The number of halogens is 4. The summed E-state index contributed by atoms with van der Waals surface area (Å²) in [5, 5.41) is 12.6. The number of methoxy groups -OCH3 is 1. The number of carboxylic acids is 1. The van der Waals surface area contributed by atoms with Crippen LogP contribution in [-0.2, 0) is 17.8 Å². The van der Waals surface area contributed by atoms with E-state index in [0.29, 0.717) is 17.9 Å². The van der Waals surface area contributed by atoms with Crippen LogP contribution in [-0.4, -0.2) is 36.1 Å². The molecule has 11 heteroatoms. The number of carboxylic acid groups (broad SMARTS) is 1. The SMILES string of the molecule is C1CC1.COc1ccc(F)c(-c2onc(COc3cccc(CCC(=O)O)c3)c2OCCC(F)(F)F)c1. The third kappa shape index (κ3) is 9.32. The lowest BCUT2D eigenvalue weighted by atomic mass is 10.1. The molecule has 0 radical (unpaired) electrons. The molecule has 1 N–H and O–H groups in total. The van der Waals surface area contributed by atoms with Crippen molar-refractivity contribution in [1.82, 2.24) is 5.16 Å². The van der Waals surface area contributed by atoms with E-state index >= 15 is 0 Å². The number of rotatable bonds is 11. The van der Waals surface area contributed by atoms with Gasteiger partial charge in [0.2, 0.25) is 5.76 Å². The number of aryl methyl sites for hydroxylation is 1. The van der Waals surface area contributed by atoms with E-state index in [2.05, 4.69) is 5.16 Å². The Kier molecular flexibility index (Phi) is 9.76. The molecule has 0 aliphatic heterocycles. The van der Waals surface area contributed by atoms with Crippen LogP contribution in [0.15, 0.2) is 47.0 Å². The number of hydrogen-bond acceptors (Lipinski definition) is 6. The molecule has 1 heterocycles. The summed E-state index contributed by atoms with van der Waals surface area (Å²) in [5.74, 6) is -1.36. The van der Waals surface area contributed by atoms with Gasteiger partial charge in [-0.3, -0.25) is 4.79 Å². The number of nitrogens with zero attached hydrogens (tertiary/aromatic N) is 1. The van der Waals surface area contributed by atoms with Crippen LogP contribution in [0.5, 0.6) is 17.2 Å². The predicted molar refractivity (Wildman–Crippen MR) is 125 cm³/mol. The number of carbonyl (C=O) groups is 1. The molecular formula is C26H27F4NO6. The van der Waals surface area contributed by atoms with E-state index in [1.54, 1.807) is 24.3 Å². The summed E-state index contributed by atoms with van der Waals surface area (Å²) in [4.78, 5) is 10.8. The minimum Gasteiger partial charge on any atom is -0.497 e. The fourth-order valence-electron chi connectivity index (χ4n) is 2.99. The molecule has 0 unspecified atom stereocenters. The van der Waals surface area contributed by atoms with Crippen molar-refractivity contribution in [3.8, 4) is 28.6 Å². The first-order valence-electron chi connectivity index (χ1n) is 11.6. The van der Waals surface area contributed by atoms with Crippen molar-refractivity contribution in [2.24, 2.45) is 0 Å². The predicted octanol–water partition coefficient (Wildman–Crippen LogP) is 6.59. The van der Waals surface area contributed by atoms with Gasteiger partial charge in [0.15, 0.2) is 11.4 Å². The topological polar surface area (TPSA) is 91.0 Å². The molecule has 0 spiro atoms. The Morgan fingerprint density at radius 3 is 2.49 bits per heavy atom. The lowest BCUT2D eigenvalue weighted by molar-refractivity contribution is -0.139. The summed E-state index contributed by atoms with van der Waals surface area (Å²) in [6.45, 7) is -0.986. The van der Waals surface area contributed by atoms with Gasteiger partial charge in [0.05, 0.1) is 25.7 Å². The Morgan fingerprint density at radius 2 is 1.84 bits per heavy atom. The molecule has 7 nitrogen and oxygen atoms in total. The van der Waals surface area contributed by atoms with Crippen LogP contribution < -0.4 is 14.2 Å². The van der Waals surface area contributed by atoms with Crippen molar-refractivity contribution >= 4 is 5.97 Å². The second kappa shape index (κ2) is 13.0. The third-order valence-corrected chi connectivity index (χ3v) is 5.02. The molecule has 200 valence electrons. The van der Waals surface area contributed by atoms with Gasteiger partial charge >= 0.3 is 12.1 Å². The summed E-state index contributed by atoms with van der Waals surface area (Å²) in [7, 11) is 1.38. The highest BCUT2D eigenvalue weighted by atomic mass is 19.4. The van der Waals surface area contributed by atoms with Crippen LogP contribution in [0.1, 0.15) is 43.4 Å². The average molecular weight is 525 g/mol. The molecule has 1 aliphatic carbocycles. The minimum absolute atomic E-state index is 0.0235. The zero-order valence-electron chi connectivity index (χ0n) is 20.1. The third-order valence-electron chi connectivity index (χ3n) is 5.02. The standard InChI is InChI=1S/C23H21F4NO6.C3H6/c1-31-15-6-7-18(24)17(12-15)21-22(32-10-9-23(25,26)27)19(28-34-21)13-33-16-4-2-3-14(11-16)5-8-20(29)30;1-2-3-1/h2-4,6-7,11-12H,5,8-10,13H2,1H3,(H,29,30);1-3H2. The largest absolute Gasteiger partial charge is 0.497 e. The summed E-state index contributed by atoms with van der Waals surface area (Å²) in [5.41, 5.74) is 0.645. The van der Waals surface area contributed by atoms with Crippen LogP contribution in [0.2, 0.25) is 0 Å². The minimum atomic E-state index is -4.45. The van der Waals surface area contributed by atoms with Crippen molar-refractivity contribution in [2.75, 3.05) is 13.7 Å². The van der Waals surface area contributed by atoms with Gasteiger partial charge in [-0.1, -0.05) is 36.6 Å². The first kappa shape index (κ1) is 27.8. The van der Waals surface area contributed by atoms with Gasteiger partial charge in [0.1, 0.15) is 23.9 Å². The summed E-state index contributed by atoms with van der Waals surface area (Å²) in [6.07, 6.45) is -0.948. The van der Waals surface area contributed by atoms with Gasteiger partial charge in [-0.05, 0) is 42.3 Å². The van der Waals surface area contributed by atoms with E-state index in [9.17, 15) is 22.4 Å². The maximum atomic E-state index is 14.5. The number of alkyl halides is 3. The molecule has 0 amide bonds. The van der Waals surface area contributed by atoms with Crippen LogP contribution in [0.25, 0.3) is 11.3 Å². The van der Waals surface area contributed by atoms with Crippen molar-refractivity contribution < 1.29 is 46.2 Å². The van der Waals surface area contributed by atoms with E-state index in [1.807, 2.05) is 0 Å². The molecule has 1 fully saturated rings. The highest BCUT2D eigenvalue weighted by Gasteiger charge is 2.29. The smallest absolute Gasteiger partial charge is 0.392 e. The maximum absolute atomic E-state index is 14.5. The van der Waals surface area contributed by atoms with Crippen LogP contribution in [0.3, 0.4) is 0 Å². The number of benzene rings is 2. The van der Waals surface area contributed by atoms with Crippen molar-refractivity contribution in [3.63, 3.8) is 0 Å². The van der Waals surface area contributed by atoms with Crippen LogP contribution in [0, 0.1) is 5.82 Å². The number of ether oxygens (including phenoxy) is 3. The molecule has 0 bridgehead atoms. The molecule has 3 aromatic rings. The molecule has 0 atom stereocenters. The molecule has 1 aliphatic rings. The maximum Gasteiger partial charge on any atom is 0.392 e. The molecule has 2 aromatic carbocycles. The van der Waals surface area contributed by atoms with Crippen LogP contribution >= 0.6 is 0 Å². The van der Waals surface area contributed by atoms with Crippen molar-refractivity contribution in [3.05, 3.63) is 59.5 Å². The van der Waals surface area contributed by atoms with E-state index < -0.39 is 31.0 Å². The van der Waals surface area contributed by atoms with Gasteiger partial charge < -0.3 is 23.8 Å². The zero-order chi connectivity index (χ0) is 26.8. The molecule has 37 heavy (non-hydrogen) atoms. The lowest BCUT2D eigenvalue weighted by Crippen LogP contribution is -2.13. The van der Waals surface area contributed by atoms with Gasteiger partial charge in [-0.2, -0.15) is 13.2 Å². The fourth-order valence-corrected chi connectivity index (χ4v) is 2.99. The molecular weight excluding hydrogens is 498 g/mol. The number of aliphatic carboxylic acids is 1. The average Bonchev–Trinajstić information content (AvgIpc) is 3.69. The van der Waals surface area contributed by atoms with E-state index in [1.165, 1.54) is 38.5 Å². The van der Waals surface area contributed by atoms with Gasteiger partial charge in [0.25, 0.3) is 0 Å². The van der Waals surface area contributed by atoms with Gasteiger partial charge in [-0.25, -0.2) is 4.39 Å². The van der Waals surface area contributed by atoms with Gasteiger partial charge in [0, 0.05) is 6.42 Å². The lowest BCUT2D eigenvalue weighted by Gasteiger charge is -2.11. The fraction of sp³-hybridized carbons (Fsp3) is 0.385. The molecule has 4 rings (SSSR count). The van der Waals surface area contributed by atoms with Crippen molar-refractivity contribution in [2.45, 2.75) is 51.3 Å². The Hall–Kier alpha value is -3.76. The van der Waals surface area contributed by atoms with E-state index in [4.69, 9.17) is 23.8 Å². The Labute approximate surface area is 210 Å². The van der Waals surface area contributed by atoms with E-state index in [0.717, 1.165) is 11.6 Å². The highest BCUT2D eigenvalue weighted by Crippen LogP contribution is 2.37. The zero-order valence-corrected chi connectivity index (χ0v) is 20.1. The molecule has 1 aromatic heterocycles. The Balaban J connectivity index is 0.00000118. The van der Waals surface area contributed by atoms with Crippen LogP contribution in [0.4, 0.5) is 17.6 Å². The quantitative estimate of drug-likeness (QED) is 0.283. The first-order valence-corrected chi connectivity index (χ1v) is 11.6. The summed E-state index contributed by atoms with van der Waals surface area (Å²) in [6, 6.07) is 10.5. The molecule has 0 saturated heterocycles. The van der Waals surface area contributed by atoms with Crippen molar-refractivity contribution in [1.29, 1.82) is 0 Å². The molecule has 1 saturated carbocycles. The number of hydrogen-bond donors (Lipinski definition) is 1. The van der Waals surface area contributed by atoms with E-state index in [-0.39, 0.29) is 35.8 Å². The highest BCUT2D eigenvalue weighted by molar-refractivity contribution is 5.68. The van der Waals surface area contributed by atoms with Gasteiger partial charge in [-0.15, -0.1) is 0 Å².